The second kappa shape index (κ2) is 11.2. The molecule has 1 aliphatic rings. The third-order valence-corrected chi connectivity index (χ3v) is 10.1. The van der Waals surface area contributed by atoms with E-state index in [9.17, 15) is 8.42 Å². The van der Waals surface area contributed by atoms with Crippen LogP contribution in [0, 0.1) is 19.7 Å². The van der Waals surface area contributed by atoms with Crippen LogP contribution < -0.4 is 10.0 Å². The highest BCUT2D eigenvalue weighted by molar-refractivity contribution is 7.93. The minimum absolute atomic E-state index is 0.0438. The lowest BCUT2D eigenvalue weighted by atomic mass is 10.1. The predicted molar refractivity (Wildman–Crippen MR) is 163 cm³/mol. The summed E-state index contributed by atoms with van der Waals surface area (Å²) in [4.78, 5) is 22.5. The number of aromatic nitrogens is 5. The number of halogens is 3. The molecule has 5 aromatic rings. The van der Waals surface area contributed by atoms with Crippen molar-refractivity contribution < 1.29 is 12.8 Å². The molecule has 6 rings (SSSR count). The standard InChI is InChI=1S/C28H22Cl2FN7O2S2/c1-14-6-9-19(29)26(22(14)30)42(39,40)38-20-5-3-4-18(23(20)31)24-25(21-10-11-32-28(36-21)35-17-7-8-17)41-27(37-24)16-12-33-15(2)34-13-16/h3-6,9-13,17,38H,7-8H2,1-2H3,(H,32,35,36). The lowest BCUT2D eigenvalue weighted by molar-refractivity contribution is 0.599. The summed E-state index contributed by atoms with van der Waals surface area (Å²) in [5, 5.41) is 3.69. The fraction of sp³-hybridized carbons (Fsp3) is 0.179. The van der Waals surface area contributed by atoms with E-state index in [0.29, 0.717) is 44.5 Å². The molecule has 214 valence electrons. The first-order valence-electron chi connectivity index (χ1n) is 12.8. The van der Waals surface area contributed by atoms with Gasteiger partial charge >= 0.3 is 0 Å². The Kier molecular flexibility index (Phi) is 7.56. The van der Waals surface area contributed by atoms with E-state index in [4.69, 9.17) is 28.2 Å². The lowest BCUT2D eigenvalue weighted by Crippen LogP contribution is -2.15. The topological polar surface area (TPSA) is 123 Å². The fourth-order valence-electron chi connectivity index (χ4n) is 4.13. The van der Waals surface area contributed by atoms with Crippen molar-refractivity contribution in [1.29, 1.82) is 0 Å². The maximum atomic E-state index is 16.2. The highest BCUT2D eigenvalue weighted by Gasteiger charge is 2.27. The van der Waals surface area contributed by atoms with Crippen LogP contribution in [-0.4, -0.2) is 39.4 Å². The number of rotatable bonds is 8. The molecule has 2 N–H and O–H groups in total. The molecule has 3 aromatic heterocycles. The Morgan fingerprint density at radius 2 is 1.76 bits per heavy atom. The molecule has 1 aliphatic carbocycles. The second-order valence-corrected chi connectivity index (χ2v) is 13.1. The molecule has 9 nitrogen and oxygen atoms in total. The average molecular weight is 643 g/mol. The van der Waals surface area contributed by atoms with Crippen molar-refractivity contribution >= 4 is 56.2 Å². The summed E-state index contributed by atoms with van der Waals surface area (Å²) in [6.45, 7) is 3.43. The summed E-state index contributed by atoms with van der Waals surface area (Å²) >= 11 is 13.8. The van der Waals surface area contributed by atoms with Gasteiger partial charge in [0.05, 0.1) is 32.0 Å². The van der Waals surface area contributed by atoms with Gasteiger partial charge in [-0.3, -0.25) is 4.72 Å². The summed E-state index contributed by atoms with van der Waals surface area (Å²) in [6.07, 6.45) is 7.01. The van der Waals surface area contributed by atoms with Gasteiger partial charge in [-0.25, -0.2) is 37.7 Å². The SMILES string of the molecule is Cc1ncc(-c2nc(-c3cccc(NS(=O)(=O)c4c(Cl)ccc(C)c4Cl)c3F)c(-c3ccnc(NC4CC4)n3)s2)cn1. The average Bonchev–Trinajstić information content (AvgIpc) is 3.66. The minimum atomic E-state index is -4.35. The molecule has 14 heteroatoms. The Labute approximate surface area is 255 Å². The molecule has 1 fully saturated rings. The monoisotopic (exact) mass is 641 g/mol. The molecular weight excluding hydrogens is 620 g/mol. The molecule has 1 saturated carbocycles. The molecule has 0 saturated heterocycles. The predicted octanol–water partition coefficient (Wildman–Crippen LogP) is 7.16. The van der Waals surface area contributed by atoms with Gasteiger partial charge in [-0.15, -0.1) is 11.3 Å². The molecule has 0 atom stereocenters. The molecule has 42 heavy (non-hydrogen) atoms. The number of anilines is 2. The zero-order valence-corrected chi connectivity index (χ0v) is 25.3. The largest absolute Gasteiger partial charge is 0.351 e. The molecular formula is C28H22Cl2FN7O2S2. The Morgan fingerprint density at radius 3 is 2.50 bits per heavy atom. The van der Waals surface area contributed by atoms with E-state index >= 15 is 4.39 Å². The van der Waals surface area contributed by atoms with Crippen LogP contribution in [0.3, 0.4) is 0 Å². The number of hydrogen-bond donors (Lipinski definition) is 2. The molecule has 0 spiro atoms. The van der Waals surface area contributed by atoms with Crippen LogP contribution in [0.1, 0.15) is 24.2 Å². The van der Waals surface area contributed by atoms with E-state index in [1.54, 1.807) is 44.6 Å². The summed E-state index contributed by atoms with van der Waals surface area (Å²) in [7, 11) is -4.35. The highest BCUT2D eigenvalue weighted by atomic mass is 35.5. The number of hydrogen-bond acceptors (Lipinski definition) is 9. The van der Waals surface area contributed by atoms with Crippen LogP contribution in [-0.2, 0) is 10.0 Å². The number of benzene rings is 2. The van der Waals surface area contributed by atoms with E-state index < -0.39 is 15.8 Å². The molecule has 0 amide bonds. The van der Waals surface area contributed by atoms with Crippen molar-refractivity contribution in [3.8, 4) is 32.4 Å². The molecule has 0 aliphatic heterocycles. The maximum absolute atomic E-state index is 16.2. The van der Waals surface area contributed by atoms with E-state index in [2.05, 4.69) is 30.0 Å². The third-order valence-electron chi connectivity index (χ3n) is 6.46. The van der Waals surface area contributed by atoms with Gasteiger partial charge in [-0.05, 0) is 56.5 Å². The zero-order chi connectivity index (χ0) is 29.6. The summed E-state index contributed by atoms with van der Waals surface area (Å²) in [5.41, 5.74) is 1.73. The van der Waals surface area contributed by atoms with Gasteiger partial charge in [-0.1, -0.05) is 35.3 Å². The molecule has 2 aromatic carbocycles. The number of aryl methyl sites for hydroxylation is 2. The first-order chi connectivity index (χ1) is 20.1. The Bertz CT molecular complexity index is 1930. The Hall–Kier alpha value is -3.71. The van der Waals surface area contributed by atoms with E-state index in [-0.39, 0.29) is 31.9 Å². The van der Waals surface area contributed by atoms with Crippen molar-refractivity contribution in [2.45, 2.75) is 37.6 Å². The molecule has 0 unspecified atom stereocenters. The summed E-state index contributed by atoms with van der Waals surface area (Å²) in [6, 6.07) is 9.46. The maximum Gasteiger partial charge on any atom is 0.264 e. The molecule has 0 radical (unpaired) electrons. The smallest absolute Gasteiger partial charge is 0.264 e. The van der Waals surface area contributed by atoms with Crippen molar-refractivity contribution in [1.82, 2.24) is 24.9 Å². The number of nitrogens with zero attached hydrogens (tertiary/aromatic N) is 5. The van der Waals surface area contributed by atoms with Crippen LogP contribution in [0.4, 0.5) is 16.0 Å². The fourth-order valence-corrected chi connectivity index (χ4v) is 7.41. The first-order valence-corrected chi connectivity index (χ1v) is 15.8. The van der Waals surface area contributed by atoms with Crippen LogP contribution in [0.5, 0.6) is 0 Å². The quantitative estimate of drug-likeness (QED) is 0.183. The van der Waals surface area contributed by atoms with E-state index in [1.807, 2.05) is 0 Å². The van der Waals surface area contributed by atoms with Crippen LogP contribution in [0.2, 0.25) is 10.0 Å². The number of nitrogens with one attached hydrogen (secondary N) is 2. The molecule has 3 heterocycles. The third kappa shape index (κ3) is 5.67. The van der Waals surface area contributed by atoms with Gasteiger partial charge in [0.2, 0.25) is 5.95 Å². The van der Waals surface area contributed by atoms with Crippen LogP contribution >= 0.6 is 34.5 Å². The van der Waals surface area contributed by atoms with Crippen molar-refractivity contribution in [2.75, 3.05) is 10.0 Å². The Morgan fingerprint density at radius 1 is 1.00 bits per heavy atom. The van der Waals surface area contributed by atoms with Crippen LogP contribution in [0.15, 0.2) is 59.9 Å². The summed E-state index contributed by atoms with van der Waals surface area (Å²) < 4.78 is 45.2. The van der Waals surface area contributed by atoms with Gasteiger partial charge in [0.1, 0.15) is 15.7 Å². The normalized spacial score (nSPS) is 13.3. The summed E-state index contributed by atoms with van der Waals surface area (Å²) in [5.74, 6) is 0.232. The van der Waals surface area contributed by atoms with Gasteiger partial charge in [0.25, 0.3) is 10.0 Å². The van der Waals surface area contributed by atoms with Gasteiger partial charge < -0.3 is 5.32 Å². The van der Waals surface area contributed by atoms with Gasteiger partial charge in [0.15, 0.2) is 5.82 Å². The van der Waals surface area contributed by atoms with E-state index in [1.165, 1.54) is 35.6 Å². The first kappa shape index (κ1) is 28.4. The zero-order valence-electron chi connectivity index (χ0n) is 22.2. The van der Waals surface area contributed by atoms with Gasteiger partial charge in [-0.2, -0.15) is 0 Å². The van der Waals surface area contributed by atoms with Crippen LogP contribution in [0.25, 0.3) is 32.4 Å². The van der Waals surface area contributed by atoms with Gasteiger partial charge in [0, 0.05) is 35.8 Å². The van der Waals surface area contributed by atoms with Crippen molar-refractivity contribution in [3.05, 3.63) is 82.2 Å². The number of sulfonamides is 1. The second-order valence-electron chi connectivity index (χ2n) is 9.68. The minimum Gasteiger partial charge on any atom is -0.351 e. The van der Waals surface area contributed by atoms with Crippen molar-refractivity contribution in [2.24, 2.45) is 0 Å². The highest BCUT2D eigenvalue weighted by Crippen LogP contribution is 2.42. The van der Waals surface area contributed by atoms with Crippen molar-refractivity contribution in [3.63, 3.8) is 0 Å². The Balaban J connectivity index is 1.46. The number of thiazole rings is 1. The molecule has 0 bridgehead atoms. The lowest BCUT2D eigenvalue weighted by Gasteiger charge is -2.14. The van der Waals surface area contributed by atoms with E-state index in [0.717, 1.165) is 12.8 Å².